The number of hydrogen-bond acceptors (Lipinski definition) is 5. The zero-order chi connectivity index (χ0) is 13.9. The molecule has 0 unspecified atom stereocenters. The van der Waals surface area contributed by atoms with E-state index in [2.05, 4.69) is 4.72 Å². The maximum atomic E-state index is 12.0. The average molecular weight is 301 g/mol. The van der Waals surface area contributed by atoms with E-state index in [9.17, 15) is 8.42 Å². The predicted octanol–water partition coefficient (Wildman–Crippen LogP) is 1.66. The highest BCUT2D eigenvalue weighted by molar-refractivity contribution is 7.91. The summed E-state index contributed by atoms with van der Waals surface area (Å²) in [6.45, 7) is 1.95. The molecule has 5 nitrogen and oxygen atoms in total. The van der Waals surface area contributed by atoms with Gasteiger partial charge in [-0.05, 0) is 31.2 Å². The normalized spacial score (nSPS) is 11.9. The lowest BCUT2D eigenvalue weighted by Gasteiger charge is -2.02. The molecule has 19 heavy (non-hydrogen) atoms. The molecule has 0 saturated heterocycles. The van der Waals surface area contributed by atoms with Gasteiger partial charge in [-0.15, -0.1) is 11.3 Å². The van der Waals surface area contributed by atoms with Crippen LogP contribution in [0.4, 0.5) is 0 Å². The number of nitrogens with one attached hydrogen (secondary N) is 1. The highest BCUT2D eigenvalue weighted by atomic mass is 32.2. The molecule has 0 aliphatic heterocycles. The second-order valence-corrected chi connectivity index (χ2v) is 7.19. The van der Waals surface area contributed by atoms with Gasteiger partial charge in [0.25, 0.3) is 0 Å². The summed E-state index contributed by atoms with van der Waals surface area (Å²) in [4.78, 5) is 0.844. The Hall–Kier alpha value is -1.15. The highest BCUT2D eigenvalue weighted by Gasteiger charge is 2.17. The number of thiophene rings is 1. The fraction of sp³-hybridized carbons (Fsp3) is 0.333. The standard InChI is InChI=1S/C12H15NO4S2/c1-9-2-3-10(17-9)8-13-19(15,16)12-5-4-11(18-12)6-7-14/h2-5,13-14H,6-8H2,1H3. The number of furan rings is 1. The van der Waals surface area contributed by atoms with Crippen molar-refractivity contribution in [3.05, 3.63) is 40.7 Å². The second-order valence-electron chi connectivity index (χ2n) is 4.03. The number of aliphatic hydroxyl groups is 1. The molecule has 2 heterocycles. The number of aliphatic hydroxyl groups excluding tert-OH is 1. The molecule has 7 heteroatoms. The van der Waals surface area contributed by atoms with Crippen molar-refractivity contribution in [2.24, 2.45) is 0 Å². The first-order valence-electron chi connectivity index (χ1n) is 5.76. The van der Waals surface area contributed by atoms with Gasteiger partial charge in [0.15, 0.2) is 0 Å². The van der Waals surface area contributed by atoms with E-state index in [1.54, 1.807) is 31.2 Å². The van der Waals surface area contributed by atoms with Crippen LogP contribution in [0.25, 0.3) is 0 Å². The fourth-order valence-corrected chi connectivity index (χ4v) is 3.95. The Balaban J connectivity index is 2.04. The van der Waals surface area contributed by atoms with Crippen LogP contribution in [0, 0.1) is 6.92 Å². The largest absolute Gasteiger partial charge is 0.465 e. The molecule has 2 aromatic heterocycles. The van der Waals surface area contributed by atoms with E-state index in [1.807, 2.05) is 0 Å². The second kappa shape index (κ2) is 5.87. The van der Waals surface area contributed by atoms with Crippen molar-refractivity contribution in [1.82, 2.24) is 4.72 Å². The fourth-order valence-electron chi connectivity index (χ4n) is 1.56. The molecule has 0 fully saturated rings. The topological polar surface area (TPSA) is 79.5 Å². The summed E-state index contributed by atoms with van der Waals surface area (Å²) in [6, 6.07) is 6.79. The van der Waals surface area contributed by atoms with Gasteiger partial charge < -0.3 is 9.52 Å². The molecule has 0 aliphatic carbocycles. The first-order chi connectivity index (χ1) is 9.01. The lowest BCUT2D eigenvalue weighted by molar-refractivity contribution is 0.300. The van der Waals surface area contributed by atoms with Crippen LogP contribution in [-0.2, 0) is 23.0 Å². The molecule has 104 valence electrons. The number of sulfonamides is 1. The molecule has 0 spiro atoms. The smallest absolute Gasteiger partial charge is 0.250 e. The van der Waals surface area contributed by atoms with E-state index in [4.69, 9.17) is 9.52 Å². The van der Waals surface area contributed by atoms with Gasteiger partial charge >= 0.3 is 0 Å². The lowest BCUT2D eigenvalue weighted by Crippen LogP contribution is -2.22. The van der Waals surface area contributed by atoms with Gasteiger partial charge in [0, 0.05) is 17.9 Å². The predicted molar refractivity (Wildman–Crippen MR) is 72.6 cm³/mol. The number of hydrogen-bond donors (Lipinski definition) is 2. The third-order valence-corrected chi connectivity index (χ3v) is 5.53. The van der Waals surface area contributed by atoms with Gasteiger partial charge in [-0.2, -0.15) is 0 Å². The van der Waals surface area contributed by atoms with Gasteiger partial charge in [0.05, 0.1) is 6.54 Å². The quantitative estimate of drug-likeness (QED) is 0.850. The van der Waals surface area contributed by atoms with E-state index < -0.39 is 10.0 Å². The monoisotopic (exact) mass is 301 g/mol. The average Bonchev–Trinajstić information content (AvgIpc) is 2.97. The van der Waals surface area contributed by atoms with Gasteiger partial charge in [-0.3, -0.25) is 0 Å². The summed E-state index contributed by atoms with van der Waals surface area (Å²) in [6.07, 6.45) is 0.470. The molecule has 0 radical (unpaired) electrons. The van der Waals surface area contributed by atoms with Crippen LogP contribution >= 0.6 is 11.3 Å². The maximum Gasteiger partial charge on any atom is 0.250 e. The van der Waals surface area contributed by atoms with Crippen molar-refractivity contribution >= 4 is 21.4 Å². The Labute approximate surface area is 115 Å². The highest BCUT2D eigenvalue weighted by Crippen LogP contribution is 2.22. The van der Waals surface area contributed by atoms with Gasteiger partial charge in [0.1, 0.15) is 15.7 Å². The molecule has 0 bridgehead atoms. The molecule has 0 aliphatic rings. The molecule has 2 rings (SSSR count). The zero-order valence-electron chi connectivity index (χ0n) is 10.4. The van der Waals surface area contributed by atoms with E-state index in [1.165, 1.54) is 0 Å². The van der Waals surface area contributed by atoms with Crippen molar-refractivity contribution in [3.63, 3.8) is 0 Å². The van der Waals surface area contributed by atoms with E-state index in [0.29, 0.717) is 12.2 Å². The van der Waals surface area contributed by atoms with Gasteiger partial charge in [-0.25, -0.2) is 13.1 Å². The Kier molecular flexibility index (Phi) is 4.41. The first kappa shape index (κ1) is 14.3. The number of rotatable bonds is 6. The molecule has 2 N–H and O–H groups in total. The van der Waals surface area contributed by atoms with Crippen molar-refractivity contribution in [1.29, 1.82) is 0 Å². The van der Waals surface area contributed by atoms with Crippen molar-refractivity contribution in [2.75, 3.05) is 6.61 Å². The van der Waals surface area contributed by atoms with Crippen LogP contribution in [0.1, 0.15) is 16.4 Å². The van der Waals surface area contributed by atoms with E-state index in [0.717, 1.165) is 22.0 Å². The van der Waals surface area contributed by atoms with Crippen LogP contribution in [0.5, 0.6) is 0 Å². The third kappa shape index (κ3) is 3.66. The summed E-state index contributed by atoms with van der Waals surface area (Å²) in [5.41, 5.74) is 0. The SMILES string of the molecule is Cc1ccc(CNS(=O)(=O)c2ccc(CCO)s2)o1. The molecule has 0 amide bonds. The van der Waals surface area contributed by atoms with Gasteiger partial charge in [-0.1, -0.05) is 0 Å². The van der Waals surface area contributed by atoms with E-state index in [-0.39, 0.29) is 17.4 Å². The molecule has 0 atom stereocenters. The van der Waals surface area contributed by atoms with Crippen LogP contribution < -0.4 is 4.72 Å². The molecule has 0 aromatic carbocycles. The van der Waals surface area contributed by atoms with Crippen molar-refractivity contribution in [3.8, 4) is 0 Å². The summed E-state index contributed by atoms with van der Waals surface area (Å²) >= 11 is 1.16. The summed E-state index contributed by atoms with van der Waals surface area (Å²) < 4.78 is 32.1. The minimum absolute atomic E-state index is 0.0130. The van der Waals surface area contributed by atoms with Crippen LogP contribution in [0.3, 0.4) is 0 Å². The maximum absolute atomic E-state index is 12.0. The molecular weight excluding hydrogens is 286 g/mol. The molecular formula is C12H15NO4S2. The minimum atomic E-state index is -3.52. The Bertz CT molecular complexity index is 642. The Morgan fingerprint density at radius 3 is 2.74 bits per heavy atom. The summed E-state index contributed by atoms with van der Waals surface area (Å²) in [5, 5.41) is 8.82. The number of aryl methyl sites for hydroxylation is 1. The third-order valence-electron chi connectivity index (χ3n) is 2.49. The first-order valence-corrected chi connectivity index (χ1v) is 8.06. The Morgan fingerprint density at radius 2 is 2.11 bits per heavy atom. The van der Waals surface area contributed by atoms with Gasteiger partial charge in [0.2, 0.25) is 10.0 Å². The summed E-state index contributed by atoms with van der Waals surface area (Å²) in [5.74, 6) is 1.32. The Morgan fingerprint density at radius 1 is 1.32 bits per heavy atom. The van der Waals surface area contributed by atoms with Crippen molar-refractivity contribution in [2.45, 2.75) is 24.1 Å². The van der Waals surface area contributed by atoms with Crippen LogP contribution in [-0.4, -0.2) is 20.1 Å². The molecule has 0 saturated carbocycles. The van der Waals surface area contributed by atoms with Crippen molar-refractivity contribution < 1.29 is 17.9 Å². The van der Waals surface area contributed by atoms with Crippen LogP contribution in [0.2, 0.25) is 0 Å². The minimum Gasteiger partial charge on any atom is -0.465 e. The van der Waals surface area contributed by atoms with E-state index >= 15 is 0 Å². The zero-order valence-corrected chi connectivity index (χ0v) is 12.1. The molecule has 2 aromatic rings. The summed E-state index contributed by atoms with van der Waals surface area (Å²) in [7, 11) is -3.52. The lowest BCUT2D eigenvalue weighted by atomic mass is 10.4. The van der Waals surface area contributed by atoms with Crippen LogP contribution in [0.15, 0.2) is 32.9 Å².